The average molecular weight is 489 g/mol. The summed E-state index contributed by atoms with van der Waals surface area (Å²) in [4.78, 5) is 4.36. The number of hydrogen-bond donors (Lipinski definition) is 3. The first kappa shape index (κ1) is 22.1. The van der Waals surface area contributed by atoms with Crippen LogP contribution in [0.2, 0.25) is 0 Å². The van der Waals surface area contributed by atoms with Gasteiger partial charge in [0.1, 0.15) is 11.5 Å². The third kappa shape index (κ3) is 4.62. The second-order valence-corrected chi connectivity index (χ2v) is 7.24. The molecule has 0 radical (unpaired) electrons. The summed E-state index contributed by atoms with van der Waals surface area (Å²) in [5.41, 5.74) is 1.04. The summed E-state index contributed by atoms with van der Waals surface area (Å²) >= 11 is 0. The van der Waals surface area contributed by atoms with E-state index in [1.54, 1.807) is 26.3 Å². The molecule has 152 valence electrons. The fraction of sp³-hybridized carbons (Fsp3) is 0.650. The number of guanidine groups is 1. The van der Waals surface area contributed by atoms with Crippen LogP contribution in [0.4, 0.5) is 0 Å². The van der Waals surface area contributed by atoms with E-state index >= 15 is 0 Å². The standard InChI is InChI=1S/C20H31N3O3.HI/c1-4-26-18-12-17(20(18)9-5-6-10-20)23-19(21-2)22-13-14-11-15(25-3)7-8-16(14)24;/h7-8,11,17-18,24H,4-6,9-10,12-13H2,1-3H3,(H2,21,22,23);1H. The molecule has 2 unspecified atom stereocenters. The van der Waals surface area contributed by atoms with E-state index in [1.807, 2.05) is 6.07 Å². The van der Waals surface area contributed by atoms with Crippen molar-refractivity contribution >= 4 is 29.9 Å². The van der Waals surface area contributed by atoms with Crippen LogP contribution in [-0.4, -0.2) is 44.0 Å². The molecule has 0 bridgehead atoms. The molecule has 0 aromatic heterocycles. The number of halogens is 1. The van der Waals surface area contributed by atoms with Gasteiger partial charge >= 0.3 is 0 Å². The second kappa shape index (κ2) is 9.82. The molecule has 7 heteroatoms. The molecular formula is C20H32IN3O3. The summed E-state index contributed by atoms with van der Waals surface area (Å²) in [5.74, 6) is 1.74. The van der Waals surface area contributed by atoms with Gasteiger partial charge in [0.05, 0.1) is 13.2 Å². The Labute approximate surface area is 179 Å². The largest absolute Gasteiger partial charge is 0.508 e. The first-order chi connectivity index (χ1) is 12.6. The van der Waals surface area contributed by atoms with Crippen molar-refractivity contribution in [2.75, 3.05) is 20.8 Å². The molecule has 0 saturated heterocycles. The Bertz CT molecular complexity index is 647. The number of phenolic OH excluding ortho intramolecular Hbond substituents is 1. The van der Waals surface area contributed by atoms with Crippen LogP contribution in [0.25, 0.3) is 0 Å². The number of hydrogen-bond acceptors (Lipinski definition) is 4. The lowest BCUT2D eigenvalue weighted by molar-refractivity contribution is -0.125. The molecule has 0 amide bonds. The summed E-state index contributed by atoms with van der Waals surface area (Å²) in [6.45, 7) is 3.34. The number of nitrogens with one attached hydrogen (secondary N) is 2. The average Bonchev–Trinajstić information content (AvgIpc) is 3.17. The van der Waals surface area contributed by atoms with E-state index in [4.69, 9.17) is 9.47 Å². The van der Waals surface area contributed by atoms with E-state index in [0.717, 1.165) is 30.3 Å². The molecule has 2 aliphatic carbocycles. The fourth-order valence-corrected chi connectivity index (χ4v) is 4.46. The van der Waals surface area contributed by atoms with Gasteiger partial charge in [0.15, 0.2) is 5.96 Å². The molecule has 1 spiro atoms. The van der Waals surface area contributed by atoms with Crippen molar-refractivity contribution in [1.29, 1.82) is 0 Å². The molecule has 2 aliphatic rings. The van der Waals surface area contributed by atoms with Crippen molar-refractivity contribution in [1.82, 2.24) is 10.6 Å². The number of phenols is 1. The zero-order valence-corrected chi connectivity index (χ0v) is 18.8. The summed E-state index contributed by atoms with van der Waals surface area (Å²) in [5, 5.41) is 16.9. The van der Waals surface area contributed by atoms with Crippen molar-refractivity contribution < 1.29 is 14.6 Å². The van der Waals surface area contributed by atoms with Crippen molar-refractivity contribution in [3.05, 3.63) is 23.8 Å². The minimum absolute atomic E-state index is 0. The molecule has 1 aromatic rings. The van der Waals surface area contributed by atoms with Crippen LogP contribution in [-0.2, 0) is 11.3 Å². The topological polar surface area (TPSA) is 75.1 Å². The van der Waals surface area contributed by atoms with Gasteiger partial charge in [-0.15, -0.1) is 24.0 Å². The number of ether oxygens (including phenoxy) is 2. The molecule has 3 N–H and O–H groups in total. The molecule has 2 fully saturated rings. The molecule has 6 nitrogen and oxygen atoms in total. The Morgan fingerprint density at radius 3 is 2.70 bits per heavy atom. The van der Waals surface area contributed by atoms with Crippen molar-refractivity contribution in [2.45, 2.75) is 57.7 Å². The molecule has 0 aliphatic heterocycles. The van der Waals surface area contributed by atoms with Gasteiger partial charge in [0.2, 0.25) is 0 Å². The van der Waals surface area contributed by atoms with Crippen molar-refractivity contribution in [3.8, 4) is 11.5 Å². The van der Waals surface area contributed by atoms with Crippen LogP contribution in [0.15, 0.2) is 23.2 Å². The van der Waals surface area contributed by atoms with Crippen molar-refractivity contribution in [3.63, 3.8) is 0 Å². The molecular weight excluding hydrogens is 457 g/mol. The van der Waals surface area contributed by atoms with Gasteiger partial charge in [0, 0.05) is 37.2 Å². The van der Waals surface area contributed by atoms with Gasteiger partial charge in [-0.3, -0.25) is 4.99 Å². The number of aromatic hydroxyl groups is 1. The van der Waals surface area contributed by atoms with E-state index in [0.29, 0.717) is 18.7 Å². The van der Waals surface area contributed by atoms with E-state index in [1.165, 1.54) is 25.7 Å². The second-order valence-electron chi connectivity index (χ2n) is 7.24. The molecule has 3 rings (SSSR count). The number of benzene rings is 1. The number of nitrogens with zero attached hydrogens (tertiary/aromatic N) is 1. The molecule has 2 saturated carbocycles. The van der Waals surface area contributed by atoms with E-state index in [9.17, 15) is 5.11 Å². The monoisotopic (exact) mass is 489 g/mol. The summed E-state index contributed by atoms with van der Waals surface area (Å²) in [6.07, 6.45) is 6.41. The van der Waals surface area contributed by atoms with Crippen LogP contribution >= 0.6 is 24.0 Å². The maximum atomic E-state index is 10.0. The highest BCUT2D eigenvalue weighted by molar-refractivity contribution is 14.0. The van der Waals surface area contributed by atoms with Crippen LogP contribution < -0.4 is 15.4 Å². The minimum atomic E-state index is 0. The Hall–Kier alpha value is -1.22. The molecule has 1 aromatic carbocycles. The number of rotatable bonds is 6. The number of methoxy groups -OCH3 is 1. The third-order valence-electron chi connectivity index (χ3n) is 5.95. The molecule has 0 heterocycles. The first-order valence-electron chi connectivity index (χ1n) is 9.57. The highest BCUT2D eigenvalue weighted by Crippen LogP contribution is 2.54. The predicted molar refractivity (Wildman–Crippen MR) is 118 cm³/mol. The quantitative estimate of drug-likeness (QED) is 0.325. The molecule has 27 heavy (non-hydrogen) atoms. The van der Waals surface area contributed by atoms with Crippen LogP contribution in [0, 0.1) is 5.41 Å². The van der Waals surface area contributed by atoms with Gasteiger partial charge in [-0.25, -0.2) is 0 Å². The molecule has 2 atom stereocenters. The summed E-state index contributed by atoms with van der Waals surface area (Å²) < 4.78 is 11.2. The Morgan fingerprint density at radius 1 is 1.33 bits per heavy atom. The zero-order chi connectivity index (χ0) is 18.6. The lowest BCUT2D eigenvalue weighted by Gasteiger charge is -2.54. The first-order valence-corrected chi connectivity index (χ1v) is 9.57. The summed E-state index contributed by atoms with van der Waals surface area (Å²) in [7, 11) is 3.40. The number of aliphatic imine (C=N–C) groups is 1. The zero-order valence-electron chi connectivity index (χ0n) is 16.5. The maximum absolute atomic E-state index is 10.0. The van der Waals surface area contributed by atoms with Gasteiger partial charge < -0.3 is 25.2 Å². The van der Waals surface area contributed by atoms with Gasteiger partial charge in [-0.1, -0.05) is 12.8 Å². The Balaban J connectivity index is 0.00000261. The summed E-state index contributed by atoms with van der Waals surface area (Å²) in [6, 6.07) is 5.63. The van der Waals surface area contributed by atoms with Gasteiger partial charge in [0.25, 0.3) is 0 Å². The van der Waals surface area contributed by atoms with Gasteiger partial charge in [-0.05, 0) is 44.4 Å². The van der Waals surface area contributed by atoms with Crippen LogP contribution in [0.3, 0.4) is 0 Å². The fourth-order valence-electron chi connectivity index (χ4n) is 4.46. The van der Waals surface area contributed by atoms with Gasteiger partial charge in [-0.2, -0.15) is 0 Å². The lowest BCUT2D eigenvalue weighted by atomic mass is 9.60. The van der Waals surface area contributed by atoms with Crippen molar-refractivity contribution in [2.24, 2.45) is 10.4 Å². The van der Waals surface area contributed by atoms with E-state index in [2.05, 4.69) is 22.5 Å². The third-order valence-corrected chi connectivity index (χ3v) is 5.95. The Kier molecular flexibility index (Phi) is 8.03. The predicted octanol–water partition coefficient (Wildman–Crippen LogP) is 3.42. The smallest absolute Gasteiger partial charge is 0.191 e. The van der Waals surface area contributed by atoms with Crippen LogP contribution in [0.1, 0.15) is 44.6 Å². The Morgan fingerprint density at radius 2 is 2.07 bits per heavy atom. The van der Waals surface area contributed by atoms with E-state index in [-0.39, 0.29) is 35.1 Å². The normalized spacial score (nSPS) is 23.4. The lowest BCUT2D eigenvalue weighted by Crippen LogP contribution is -2.65. The highest BCUT2D eigenvalue weighted by Gasteiger charge is 2.56. The minimum Gasteiger partial charge on any atom is -0.508 e. The van der Waals surface area contributed by atoms with E-state index < -0.39 is 0 Å². The van der Waals surface area contributed by atoms with Crippen LogP contribution in [0.5, 0.6) is 11.5 Å². The maximum Gasteiger partial charge on any atom is 0.191 e. The highest BCUT2D eigenvalue weighted by atomic mass is 127. The SMILES string of the molecule is CCOC1CC(NC(=NC)NCc2cc(OC)ccc2O)C12CCCC2.I.